The third-order valence-corrected chi connectivity index (χ3v) is 8.30. The van der Waals surface area contributed by atoms with Crippen LogP contribution in [0.25, 0.3) is 10.1 Å². The summed E-state index contributed by atoms with van der Waals surface area (Å²) in [5.74, 6) is -1.12. The lowest BCUT2D eigenvalue weighted by Gasteiger charge is -2.49. The molecule has 1 fully saturated rings. The summed E-state index contributed by atoms with van der Waals surface area (Å²) in [6.07, 6.45) is -4.00. The van der Waals surface area contributed by atoms with E-state index in [-0.39, 0.29) is 0 Å². The molecule has 33 heavy (non-hydrogen) atoms. The molecule has 4 N–H and O–H groups in total. The second kappa shape index (κ2) is 8.74. The second-order valence-electron chi connectivity index (χ2n) is 9.31. The van der Waals surface area contributed by atoms with E-state index in [4.69, 9.17) is 9.47 Å². The van der Waals surface area contributed by atoms with E-state index in [0.717, 1.165) is 22.1 Å². The molecule has 2 aliphatic heterocycles. The molecular formula is C26H30O6S. The van der Waals surface area contributed by atoms with Gasteiger partial charge >= 0.3 is 0 Å². The summed E-state index contributed by atoms with van der Waals surface area (Å²) in [7, 11) is 0. The van der Waals surface area contributed by atoms with Crippen LogP contribution in [0, 0.1) is 0 Å². The average molecular weight is 471 g/mol. The zero-order valence-corrected chi connectivity index (χ0v) is 19.6. The van der Waals surface area contributed by atoms with Crippen molar-refractivity contribution < 1.29 is 29.9 Å². The van der Waals surface area contributed by atoms with E-state index in [1.54, 1.807) is 0 Å². The Morgan fingerprint density at radius 3 is 2.52 bits per heavy atom. The van der Waals surface area contributed by atoms with Gasteiger partial charge in [0.25, 0.3) is 0 Å². The summed E-state index contributed by atoms with van der Waals surface area (Å²) in [6, 6.07) is 14.9. The van der Waals surface area contributed by atoms with Gasteiger partial charge in [0.15, 0.2) is 0 Å². The maximum Gasteiger partial charge on any atom is 0.234 e. The summed E-state index contributed by atoms with van der Waals surface area (Å²) in [5, 5.41) is 42.5. The molecule has 0 radical (unpaired) electrons. The smallest absolute Gasteiger partial charge is 0.234 e. The number of thiophene rings is 1. The van der Waals surface area contributed by atoms with Crippen molar-refractivity contribution >= 4 is 21.4 Å². The van der Waals surface area contributed by atoms with Gasteiger partial charge in [0.2, 0.25) is 5.79 Å². The van der Waals surface area contributed by atoms with E-state index >= 15 is 0 Å². The van der Waals surface area contributed by atoms with E-state index in [9.17, 15) is 20.4 Å². The summed E-state index contributed by atoms with van der Waals surface area (Å²) in [6.45, 7) is 4.18. The first kappa shape index (κ1) is 22.9. The van der Waals surface area contributed by atoms with Gasteiger partial charge in [-0.15, -0.1) is 11.3 Å². The van der Waals surface area contributed by atoms with E-state index < -0.39 is 36.8 Å². The number of hydrogen-bond acceptors (Lipinski definition) is 7. The largest absolute Gasteiger partial charge is 0.394 e. The molecule has 7 heteroatoms. The van der Waals surface area contributed by atoms with Gasteiger partial charge in [0, 0.05) is 4.70 Å². The first-order chi connectivity index (χ1) is 15.9. The summed E-state index contributed by atoms with van der Waals surface area (Å²) >= 11 is 1.49. The standard InChI is InChI=1S/C26H30O6S/c1-14(2)16-8-6-15(7-9-16)12-17-4-3-5-18-19-10-11-31-26(25(19)33-23(17)18)24(30)22(29)21(28)20(13-27)32-26/h3-9,14,20-22,24,27-30H,10-13H2,1-2H3/t20-,21-,22+,24-,26-/m1/s1. The molecule has 0 aliphatic carbocycles. The van der Waals surface area contributed by atoms with E-state index in [0.29, 0.717) is 23.8 Å². The SMILES string of the molecule is CC(C)c1ccc(Cc2cccc3c4c(sc23)[C@]2(OCC4)O[C@H](CO)[C@@H](O)[C@H](O)[C@H]2O)cc1. The Labute approximate surface area is 197 Å². The second-order valence-corrected chi connectivity index (χ2v) is 10.3. The van der Waals surface area contributed by atoms with Crippen LogP contribution in [-0.4, -0.2) is 58.1 Å². The van der Waals surface area contributed by atoms with Gasteiger partial charge in [-0.1, -0.05) is 56.3 Å². The Hall–Kier alpha value is -1.84. The lowest BCUT2D eigenvalue weighted by atomic mass is 9.88. The van der Waals surface area contributed by atoms with Crippen molar-refractivity contribution in [2.75, 3.05) is 13.2 Å². The molecule has 1 saturated heterocycles. The Morgan fingerprint density at radius 2 is 1.82 bits per heavy atom. The van der Waals surface area contributed by atoms with Crippen LogP contribution < -0.4 is 0 Å². The van der Waals surface area contributed by atoms with Crippen molar-refractivity contribution in [2.45, 2.75) is 62.8 Å². The van der Waals surface area contributed by atoms with Gasteiger partial charge in [0.05, 0.1) is 18.1 Å². The van der Waals surface area contributed by atoms with Gasteiger partial charge in [-0.05, 0) is 46.4 Å². The topological polar surface area (TPSA) is 99.4 Å². The quantitative estimate of drug-likeness (QED) is 0.468. The first-order valence-corrected chi connectivity index (χ1v) is 12.3. The minimum Gasteiger partial charge on any atom is -0.394 e. The van der Waals surface area contributed by atoms with E-state index in [1.807, 2.05) is 6.07 Å². The normalized spacial score (nSPS) is 29.7. The molecule has 3 aromatic rings. The molecule has 176 valence electrons. The fraction of sp³-hybridized carbons (Fsp3) is 0.462. The van der Waals surface area contributed by atoms with Crippen LogP contribution in [0.1, 0.15) is 46.9 Å². The number of fused-ring (bicyclic) bond motifs is 4. The highest BCUT2D eigenvalue weighted by molar-refractivity contribution is 7.19. The fourth-order valence-electron chi connectivity index (χ4n) is 4.96. The van der Waals surface area contributed by atoms with E-state index in [2.05, 4.69) is 50.2 Å². The van der Waals surface area contributed by atoms with Crippen LogP contribution in [0.3, 0.4) is 0 Å². The summed E-state index contributed by atoms with van der Waals surface area (Å²) in [5.41, 5.74) is 4.73. The van der Waals surface area contributed by atoms with Crippen LogP contribution in [0.4, 0.5) is 0 Å². The maximum atomic E-state index is 10.9. The number of hydrogen-bond donors (Lipinski definition) is 4. The third-order valence-electron chi connectivity index (χ3n) is 6.88. The van der Waals surface area contributed by atoms with Crippen LogP contribution in [-0.2, 0) is 28.1 Å². The summed E-state index contributed by atoms with van der Waals surface area (Å²) in [4.78, 5) is 0.697. The van der Waals surface area contributed by atoms with Crippen LogP contribution in [0.5, 0.6) is 0 Å². The van der Waals surface area contributed by atoms with Gasteiger partial charge in [-0.2, -0.15) is 0 Å². The number of rotatable bonds is 4. The Bertz CT molecular complexity index is 1140. The molecule has 0 amide bonds. The maximum absolute atomic E-state index is 10.9. The molecule has 3 heterocycles. The van der Waals surface area contributed by atoms with Gasteiger partial charge in [-0.25, -0.2) is 0 Å². The van der Waals surface area contributed by atoms with Crippen molar-refractivity contribution in [1.29, 1.82) is 0 Å². The van der Waals surface area contributed by atoms with Crippen LogP contribution in [0.2, 0.25) is 0 Å². The van der Waals surface area contributed by atoms with Crippen molar-refractivity contribution in [3.8, 4) is 0 Å². The van der Waals surface area contributed by atoms with Gasteiger partial charge < -0.3 is 29.9 Å². The molecule has 6 nitrogen and oxygen atoms in total. The molecule has 0 unspecified atom stereocenters. The molecule has 0 bridgehead atoms. The van der Waals surface area contributed by atoms with Crippen molar-refractivity contribution in [1.82, 2.24) is 0 Å². The minimum atomic E-state index is -1.61. The Morgan fingerprint density at radius 1 is 1.06 bits per heavy atom. The number of ether oxygens (including phenoxy) is 2. The molecule has 1 spiro atoms. The minimum absolute atomic E-state index is 0.303. The first-order valence-electron chi connectivity index (χ1n) is 11.4. The molecule has 5 atom stereocenters. The highest BCUT2D eigenvalue weighted by Gasteiger charge is 2.58. The third kappa shape index (κ3) is 3.72. The van der Waals surface area contributed by atoms with Gasteiger partial charge in [0.1, 0.15) is 24.4 Å². The average Bonchev–Trinajstić information content (AvgIpc) is 3.22. The highest BCUT2D eigenvalue weighted by Crippen LogP contribution is 2.49. The molecule has 1 aromatic heterocycles. The predicted molar refractivity (Wildman–Crippen MR) is 126 cm³/mol. The van der Waals surface area contributed by atoms with Gasteiger partial charge in [-0.3, -0.25) is 0 Å². The lowest BCUT2D eigenvalue weighted by Crippen LogP contribution is -2.65. The van der Waals surface area contributed by atoms with Crippen molar-refractivity contribution in [3.05, 3.63) is 69.6 Å². The summed E-state index contributed by atoms with van der Waals surface area (Å²) < 4.78 is 13.1. The monoisotopic (exact) mass is 470 g/mol. The fourth-order valence-corrected chi connectivity index (χ4v) is 6.44. The van der Waals surface area contributed by atoms with Crippen LogP contribution in [0.15, 0.2) is 42.5 Å². The zero-order valence-electron chi connectivity index (χ0n) is 18.8. The van der Waals surface area contributed by atoms with E-state index in [1.165, 1.54) is 28.0 Å². The Kier molecular flexibility index (Phi) is 6.07. The number of aliphatic hydroxyl groups is 4. The van der Waals surface area contributed by atoms with Crippen molar-refractivity contribution in [2.24, 2.45) is 0 Å². The zero-order chi connectivity index (χ0) is 23.3. The Balaban J connectivity index is 1.57. The van der Waals surface area contributed by atoms with Crippen LogP contribution >= 0.6 is 11.3 Å². The number of benzene rings is 2. The lowest BCUT2D eigenvalue weighted by molar-refractivity contribution is -0.374. The number of aliphatic hydroxyl groups excluding tert-OH is 4. The molecule has 2 aromatic carbocycles. The highest BCUT2D eigenvalue weighted by atomic mass is 32.1. The molecular weight excluding hydrogens is 440 g/mol. The predicted octanol–water partition coefficient (Wildman–Crippen LogP) is 2.81. The molecule has 5 rings (SSSR count). The van der Waals surface area contributed by atoms with Crippen molar-refractivity contribution in [3.63, 3.8) is 0 Å². The molecule has 0 saturated carbocycles. The molecule has 2 aliphatic rings.